The number of aryl methyl sites for hydroxylation is 1. The molecule has 0 saturated carbocycles. The summed E-state index contributed by atoms with van der Waals surface area (Å²) in [6.07, 6.45) is 6.50. The minimum absolute atomic E-state index is 0.377. The smallest absolute Gasteiger partial charge is 0.131 e. The van der Waals surface area contributed by atoms with Crippen LogP contribution in [0.1, 0.15) is 36.2 Å². The van der Waals surface area contributed by atoms with Crippen LogP contribution in [-0.2, 0) is 5.41 Å². The average molecular weight is 443 g/mol. The molecule has 0 spiro atoms. The Labute approximate surface area is 193 Å². The molecule has 0 fully saturated rings. The Kier molecular flexibility index (Phi) is 6.78. The van der Waals surface area contributed by atoms with Gasteiger partial charge in [0.1, 0.15) is 11.6 Å². The highest BCUT2D eigenvalue weighted by atomic mass is 19.1. The van der Waals surface area contributed by atoms with Crippen molar-refractivity contribution in [3.8, 4) is 17.2 Å². The summed E-state index contributed by atoms with van der Waals surface area (Å²) in [7, 11) is 1.79. The van der Waals surface area contributed by atoms with Crippen LogP contribution in [0.2, 0.25) is 0 Å². The molecule has 168 valence electrons. The van der Waals surface area contributed by atoms with Crippen molar-refractivity contribution in [1.82, 2.24) is 9.97 Å². The van der Waals surface area contributed by atoms with Crippen LogP contribution in [0.5, 0.6) is 0 Å². The van der Waals surface area contributed by atoms with Gasteiger partial charge in [0.25, 0.3) is 0 Å². The van der Waals surface area contributed by atoms with Crippen LogP contribution < -0.4 is 16.8 Å². The van der Waals surface area contributed by atoms with Gasteiger partial charge in [-0.1, -0.05) is 0 Å². The topological polar surface area (TPSA) is 114 Å². The number of anilines is 1. The molecule has 33 heavy (non-hydrogen) atoms. The van der Waals surface area contributed by atoms with Crippen LogP contribution in [0.4, 0.5) is 10.2 Å². The van der Waals surface area contributed by atoms with Crippen LogP contribution in [0.15, 0.2) is 61.1 Å². The van der Waals surface area contributed by atoms with Gasteiger partial charge < -0.3 is 16.8 Å². The normalized spacial score (nSPS) is 12.4. The largest absolute Gasteiger partial charge is 0.404 e. The molecule has 0 radical (unpaired) electrons. The number of rotatable bonds is 6. The molecule has 7 heteroatoms. The zero-order chi connectivity index (χ0) is 24.2. The molecule has 2 aromatic heterocycles. The summed E-state index contributed by atoms with van der Waals surface area (Å²) in [6.45, 7) is 5.35. The van der Waals surface area contributed by atoms with E-state index in [1.54, 1.807) is 64.5 Å². The van der Waals surface area contributed by atoms with E-state index in [0.29, 0.717) is 45.0 Å². The van der Waals surface area contributed by atoms with Crippen molar-refractivity contribution in [2.45, 2.75) is 26.2 Å². The number of hydrogen-bond donors (Lipinski definition) is 3. The van der Waals surface area contributed by atoms with Crippen LogP contribution in [0.25, 0.3) is 22.4 Å². The monoisotopic (exact) mass is 442 g/mol. The van der Waals surface area contributed by atoms with Crippen molar-refractivity contribution in [3.05, 3.63) is 89.3 Å². The molecule has 5 N–H and O–H groups in total. The van der Waals surface area contributed by atoms with E-state index in [1.165, 1.54) is 12.3 Å². The predicted molar refractivity (Wildman–Crippen MR) is 131 cm³/mol. The first kappa shape index (κ1) is 23.5. The number of nitriles is 1. The Hall–Kier alpha value is -4.18. The van der Waals surface area contributed by atoms with E-state index in [4.69, 9.17) is 11.5 Å². The number of halogens is 1. The molecule has 3 rings (SSSR count). The fraction of sp³-hybridized carbons (Fsp3) is 0.192. The molecule has 0 bridgehead atoms. The molecule has 0 amide bonds. The quantitative estimate of drug-likeness (QED) is 0.476. The molecule has 0 unspecified atom stereocenters. The molecule has 6 nitrogen and oxygen atoms in total. The van der Waals surface area contributed by atoms with Gasteiger partial charge in [-0.2, -0.15) is 5.26 Å². The highest BCUT2D eigenvalue weighted by Gasteiger charge is 2.22. The summed E-state index contributed by atoms with van der Waals surface area (Å²) < 4.78 is 15.0. The van der Waals surface area contributed by atoms with Gasteiger partial charge in [-0.25, -0.2) is 9.37 Å². The Morgan fingerprint density at radius 3 is 2.55 bits per heavy atom. The molecule has 1 aromatic carbocycles. The van der Waals surface area contributed by atoms with Gasteiger partial charge >= 0.3 is 0 Å². The van der Waals surface area contributed by atoms with Crippen LogP contribution >= 0.6 is 0 Å². The van der Waals surface area contributed by atoms with E-state index in [2.05, 4.69) is 21.4 Å². The maximum atomic E-state index is 15.0. The zero-order valence-corrected chi connectivity index (χ0v) is 19.1. The van der Waals surface area contributed by atoms with Crippen molar-refractivity contribution in [2.75, 3.05) is 12.4 Å². The highest BCUT2D eigenvalue weighted by Crippen LogP contribution is 2.31. The van der Waals surface area contributed by atoms with Crippen LogP contribution in [0, 0.1) is 24.1 Å². The third kappa shape index (κ3) is 5.01. The van der Waals surface area contributed by atoms with Crippen molar-refractivity contribution in [3.63, 3.8) is 0 Å². The zero-order valence-electron chi connectivity index (χ0n) is 19.1. The second-order valence-corrected chi connectivity index (χ2v) is 8.21. The standard InChI is InChI=1S/C26H27FN6/c1-16-9-22(27)21(18-6-7-32-24(11-18)26(2,3)15-29)13-20(16)23(30)10-19(14-28)17-5-8-33-25(12-17)31-4/h5-14H,28,30H2,1-4H3,(H,31,33)/b19-14+,23-10-. The number of benzene rings is 1. The average Bonchev–Trinajstić information content (AvgIpc) is 2.82. The van der Waals surface area contributed by atoms with Crippen molar-refractivity contribution in [2.24, 2.45) is 11.5 Å². The summed E-state index contributed by atoms with van der Waals surface area (Å²) >= 11 is 0. The first-order valence-corrected chi connectivity index (χ1v) is 10.4. The second kappa shape index (κ2) is 9.53. The second-order valence-electron chi connectivity index (χ2n) is 8.21. The minimum atomic E-state index is -0.795. The van der Waals surface area contributed by atoms with Crippen molar-refractivity contribution in [1.29, 1.82) is 5.26 Å². The molecule has 3 aromatic rings. The van der Waals surface area contributed by atoms with E-state index in [9.17, 15) is 9.65 Å². The summed E-state index contributed by atoms with van der Waals surface area (Å²) in [5.41, 5.74) is 16.5. The lowest BCUT2D eigenvalue weighted by Gasteiger charge is -2.16. The third-order valence-electron chi connectivity index (χ3n) is 5.46. The fourth-order valence-electron chi connectivity index (χ4n) is 3.42. The van der Waals surface area contributed by atoms with Gasteiger partial charge in [0.2, 0.25) is 0 Å². The van der Waals surface area contributed by atoms with Gasteiger partial charge in [0.05, 0.1) is 17.2 Å². The number of nitrogens with two attached hydrogens (primary N) is 2. The first-order chi connectivity index (χ1) is 15.7. The van der Waals surface area contributed by atoms with Gasteiger partial charge in [-0.15, -0.1) is 0 Å². The van der Waals surface area contributed by atoms with E-state index in [0.717, 1.165) is 5.56 Å². The molecule has 0 saturated heterocycles. The third-order valence-corrected chi connectivity index (χ3v) is 5.46. The molecule has 2 heterocycles. The number of nitrogens with zero attached hydrogens (tertiary/aromatic N) is 3. The van der Waals surface area contributed by atoms with Gasteiger partial charge in [0, 0.05) is 42.5 Å². The van der Waals surface area contributed by atoms with Crippen molar-refractivity contribution >= 4 is 17.1 Å². The maximum absolute atomic E-state index is 15.0. The Morgan fingerprint density at radius 2 is 1.88 bits per heavy atom. The molecule has 0 aliphatic carbocycles. The van der Waals surface area contributed by atoms with E-state index < -0.39 is 5.41 Å². The number of pyridine rings is 2. The number of aromatic nitrogens is 2. The lowest BCUT2D eigenvalue weighted by molar-refractivity contribution is 0.629. The Morgan fingerprint density at radius 1 is 1.15 bits per heavy atom. The van der Waals surface area contributed by atoms with Crippen molar-refractivity contribution < 1.29 is 4.39 Å². The lowest BCUT2D eigenvalue weighted by Crippen LogP contribution is -2.15. The minimum Gasteiger partial charge on any atom is -0.404 e. The summed E-state index contributed by atoms with van der Waals surface area (Å²) in [5, 5.41) is 12.4. The van der Waals surface area contributed by atoms with E-state index in [-0.39, 0.29) is 5.82 Å². The summed E-state index contributed by atoms with van der Waals surface area (Å²) in [6, 6.07) is 12.6. The van der Waals surface area contributed by atoms with Gasteiger partial charge in [-0.05, 0) is 85.5 Å². The molecular formula is C26H27FN6. The molecule has 0 aliphatic heterocycles. The summed E-state index contributed by atoms with van der Waals surface area (Å²) in [4.78, 5) is 8.51. The Balaban J connectivity index is 2.07. The number of allylic oxidation sites excluding steroid dienone is 2. The predicted octanol–water partition coefficient (Wildman–Crippen LogP) is 4.73. The number of nitrogens with one attached hydrogen (secondary N) is 1. The molecular weight excluding hydrogens is 415 g/mol. The molecule has 0 aliphatic rings. The van der Waals surface area contributed by atoms with Crippen LogP contribution in [0.3, 0.4) is 0 Å². The number of hydrogen-bond acceptors (Lipinski definition) is 6. The van der Waals surface area contributed by atoms with Gasteiger partial charge in [0.15, 0.2) is 0 Å². The SMILES string of the molecule is CNc1cc(C(/C=C(\N)c2cc(-c3ccnc(C(C)(C)C#N)c3)c(F)cc2C)=C/N)ccn1. The van der Waals surface area contributed by atoms with E-state index >= 15 is 0 Å². The lowest BCUT2D eigenvalue weighted by atomic mass is 9.88. The highest BCUT2D eigenvalue weighted by molar-refractivity contribution is 5.85. The van der Waals surface area contributed by atoms with Gasteiger partial charge in [-0.3, -0.25) is 4.98 Å². The van der Waals surface area contributed by atoms with E-state index in [1.807, 2.05) is 12.1 Å². The Bertz CT molecular complexity index is 1280. The first-order valence-electron chi connectivity index (χ1n) is 10.4. The molecule has 0 atom stereocenters. The fourth-order valence-corrected chi connectivity index (χ4v) is 3.42. The maximum Gasteiger partial charge on any atom is 0.131 e. The van der Waals surface area contributed by atoms with Crippen LogP contribution in [-0.4, -0.2) is 17.0 Å². The summed E-state index contributed by atoms with van der Waals surface area (Å²) in [5.74, 6) is 0.325.